The smallest absolute Gasteiger partial charge is 0.121 e. The zero-order valence-corrected chi connectivity index (χ0v) is 9.16. The molecule has 0 aliphatic rings. The van der Waals surface area contributed by atoms with E-state index in [2.05, 4.69) is 18.3 Å². The Morgan fingerprint density at radius 2 is 2.07 bits per heavy atom. The third-order valence-electron chi connectivity index (χ3n) is 2.18. The summed E-state index contributed by atoms with van der Waals surface area (Å²) in [5.74, 6) is 0.811. The molecule has 1 unspecified atom stereocenters. The Hall–Kier alpha value is -1.53. The highest BCUT2D eigenvalue weighted by molar-refractivity contribution is 5.31. The molecule has 1 aromatic carbocycles. The summed E-state index contributed by atoms with van der Waals surface area (Å²) in [6.45, 7) is 2.93. The predicted molar refractivity (Wildman–Crippen MR) is 59.6 cm³/mol. The van der Waals surface area contributed by atoms with Gasteiger partial charge in [0.05, 0.1) is 13.2 Å². The molecule has 0 amide bonds. The number of ether oxygens (including phenoxy) is 1. The first kappa shape index (κ1) is 11.5. The van der Waals surface area contributed by atoms with Crippen molar-refractivity contribution in [2.75, 3.05) is 13.7 Å². The van der Waals surface area contributed by atoms with Gasteiger partial charge in [-0.1, -0.05) is 19.1 Å². The molecule has 0 heterocycles. The van der Waals surface area contributed by atoms with Crippen molar-refractivity contribution in [1.29, 1.82) is 5.26 Å². The SMILES string of the molecule is CCCNC(C#N)c1ccc(OC)cc1. The van der Waals surface area contributed by atoms with Gasteiger partial charge in [0.25, 0.3) is 0 Å². The number of hydrogen-bond donors (Lipinski definition) is 1. The Bertz CT molecular complexity index is 326. The van der Waals surface area contributed by atoms with Crippen LogP contribution < -0.4 is 10.1 Å². The van der Waals surface area contributed by atoms with E-state index in [4.69, 9.17) is 10.00 Å². The van der Waals surface area contributed by atoms with E-state index in [1.165, 1.54) is 0 Å². The molecule has 0 saturated heterocycles. The molecule has 3 nitrogen and oxygen atoms in total. The first-order valence-electron chi connectivity index (χ1n) is 5.08. The van der Waals surface area contributed by atoms with Gasteiger partial charge in [0.2, 0.25) is 0 Å². The average Bonchev–Trinajstić information content (AvgIpc) is 2.31. The first-order valence-corrected chi connectivity index (χ1v) is 5.08. The molecule has 15 heavy (non-hydrogen) atoms. The molecule has 0 aromatic heterocycles. The monoisotopic (exact) mass is 204 g/mol. The standard InChI is InChI=1S/C12H16N2O/c1-3-8-14-12(9-13)10-4-6-11(15-2)7-5-10/h4-7,12,14H,3,8H2,1-2H3. The number of benzene rings is 1. The summed E-state index contributed by atoms with van der Waals surface area (Å²) in [7, 11) is 1.63. The molecular formula is C12H16N2O. The molecule has 1 rings (SSSR count). The lowest BCUT2D eigenvalue weighted by molar-refractivity contribution is 0.414. The van der Waals surface area contributed by atoms with Crippen LogP contribution in [0, 0.1) is 11.3 Å². The van der Waals surface area contributed by atoms with Gasteiger partial charge in [-0.25, -0.2) is 0 Å². The summed E-state index contributed by atoms with van der Waals surface area (Å²) in [4.78, 5) is 0. The van der Waals surface area contributed by atoms with E-state index in [1.54, 1.807) is 7.11 Å². The van der Waals surface area contributed by atoms with Gasteiger partial charge in [-0.2, -0.15) is 5.26 Å². The maximum Gasteiger partial charge on any atom is 0.121 e. The maximum absolute atomic E-state index is 8.99. The third kappa shape index (κ3) is 3.26. The topological polar surface area (TPSA) is 45.0 Å². The summed E-state index contributed by atoms with van der Waals surface area (Å²) in [6.07, 6.45) is 1.02. The molecule has 1 aromatic rings. The van der Waals surface area contributed by atoms with Crippen molar-refractivity contribution < 1.29 is 4.74 Å². The number of methoxy groups -OCH3 is 1. The fraction of sp³-hybridized carbons (Fsp3) is 0.417. The average molecular weight is 204 g/mol. The Morgan fingerprint density at radius 1 is 1.40 bits per heavy atom. The Labute approximate surface area is 90.7 Å². The minimum absolute atomic E-state index is 0.226. The summed E-state index contributed by atoms with van der Waals surface area (Å²) in [5, 5.41) is 12.2. The zero-order valence-electron chi connectivity index (χ0n) is 9.16. The number of hydrogen-bond acceptors (Lipinski definition) is 3. The van der Waals surface area contributed by atoms with E-state index in [1.807, 2.05) is 24.3 Å². The van der Waals surface area contributed by atoms with Crippen molar-refractivity contribution in [2.24, 2.45) is 0 Å². The lowest BCUT2D eigenvalue weighted by atomic mass is 10.1. The number of nitriles is 1. The quantitative estimate of drug-likeness (QED) is 0.800. The molecule has 0 spiro atoms. The van der Waals surface area contributed by atoms with Crippen LogP contribution in [0.15, 0.2) is 24.3 Å². The van der Waals surface area contributed by atoms with Gasteiger partial charge in [0.1, 0.15) is 11.8 Å². The van der Waals surface area contributed by atoms with Crippen molar-refractivity contribution >= 4 is 0 Å². The van der Waals surface area contributed by atoms with Crippen LogP contribution in [0.2, 0.25) is 0 Å². The lowest BCUT2D eigenvalue weighted by Gasteiger charge is -2.11. The van der Waals surface area contributed by atoms with Crippen LogP contribution in [0.25, 0.3) is 0 Å². The maximum atomic E-state index is 8.99. The molecule has 3 heteroatoms. The van der Waals surface area contributed by atoms with Crippen LogP contribution in [0.5, 0.6) is 5.75 Å². The van der Waals surface area contributed by atoms with Gasteiger partial charge in [0.15, 0.2) is 0 Å². The van der Waals surface area contributed by atoms with Crippen LogP contribution in [0.4, 0.5) is 0 Å². The number of nitrogens with zero attached hydrogens (tertiary/aromatic N) is 1. The predicted octanol–water partition coefficient (Wildman–Crippen LogP) is 2.26. The Kier molecular flexibility index (Phi) is 4.65. The molecule has 0 fully saturated rings. The molecule has 0 bridgehead atoms. The Balaban J connectivity index is 2.70. The largest absolute Gasteiger partial charge is 0.497 e. The van der Waals surface area contributed by atoms with E-state index in [0.29, 0.717) is 0 Å². The normalized spacial score (nSPS) is 11.8. The van der Waals surface area contributed by atoms with Crippen LogP contribution in [-0.2, 0) is 0 Å². The highest BCUT2D eigenvalue weighted by Gasteiger charge is 2.08. The zero-order chi connectivity index (χ0) is 11.1. The fourth-order valence-electron chi connectivity index (χ4n) is 1.32. The van der Waals surface area contributed by atoms with Gasteiger partial charge >= 0.3 is 0 Å². The van der Waals surface area contributed by atoms with Crippen molar-refractivity contribution in [3.05, 3.63) is 29.8 Å². The molecule has 1 atom stereocenters. The van der Waals surface area contributed by atoms with E-state index in [-0.39, 0.29) is 6.04 Å². The summed E-state index contributed by atoms with van der Waals surface area (Å²) in [5.41, 5.74) is 0.978. The van der Waals surface area contributed by atoms with Crippen LogP contribution in [-0.4, -0.2) is 13.7 Å². The van der Waals surface area contributed by atoms with Gasteiger partial charge in [-0.3, -0.25) is 5.32 Å². The molecular weight excluding hydrogens is 188 g/mol. The van der Waals surface area contributed by atoms with Gasteiger partial charge in [-0.05, 0) is 30.7 Å². The van der Waals surface area contributed by atoms with Crippen molar-refractivity contribution in [1.82, 2.24) is 5.32 Å². The van der Waals surface area contributed by atoms with Crippen LogP contribution in [0.3, 0.4) is 0 Å². The summed E-state index contributed by atoms with van der Waals surface area (Å²) >= 11 is 0. The lowest BCUT2D eigenvalue weighted by Crippen LogP contribution is -2.20. The second kappa shape index (κ2) is 6.05. The second-order valence-electron chi connectivity index (χ2n) is 3.29. The highest BCUT2D eigenvalue weighted by atomic mass is 16.5. The van der Waals surface area contributed by atoms with Crippen molar-refractivity contribution in [2.45, 2.75) is 19.4 Å². The third-order valence-corrected chi connectivity index (χ3v) is 2.18. The van der Waals surface area contributed by atoms with Gasteiger partial charge in [-0.15, -0.1) is 0 Å². The molecule has 0 saturated carbocycles. The van der Waals surface area contributed by atoms with E-state index < -0.39 is 0 Å². The van der Waals surface area contributed by atoms with Crippen LogP contribution in [0.1, 0.15) is 24.9 Å². The van der Waals surface area contributed by atoms with Crippen molar-refractivity contribution in [3.63, 3.8) is 0 Å². The molecule has 0 aliphatic heterocycles. The number of rotatable bonds is 5. The van der Waals surface area contributed by atoms with Gasteiger partial charge in [0, 0.05) is 0 Å². The molecule has 0 aliphatic carbocycles. The van der Waals surface area contributed by atoms with E-state index >= 15 is 0 Å². The fourth-order valence-corrected chi connectivity index (χ4v) is 1.32. The van der Waals surface area contributed by atoms with Gasteiger partial charge < -0.3 is 4.74 Å². The van der Waals surface area contributed by atoms with Crippen LogP contribution >= 0.6 is 0 Å². The second-order valence-corrected chi connectivity index (χ2v) is 3.29. The summed E-state index contributed by atoms with van der Waals surface area (Å²) in [6, 6.07) is 9.57. The number of nitrogens with one attached hydrogen (secondary N) is 1. The van der Waals surface area contributed by atoms with E-state index in [9.17, 15) is 0 Å². The molecule has 1 N–H and O–H groups in total. The summed E-state index contributed by atoms with van der Waals surface area (Å²) < 4.78 is 5.06. The Morgan fingerprint density at radius 3 is 2.53 bits per heavy atom. The highest BCUT2D eigenvalue weighted by Crippen LogP contribution is 2.16. The minimum atomic E-state index is -0.226. The minimum Gasteiger partial charge on any atom is -0.497 e. The molecule has 80 valence electrons. The van der Waals surface area contributed by atoms with E-state index in [0.717, 1.165) is 24.3 Å². The van der Waals surface area contributed by atoms with Crippen molar-refractivity contribution in [3.8, 4) is 11.8 Å². The molecule has 0 radical (unpaired) electrons. The first-order chi connectivity index (χ1) is 7.31.